The Bertz CT molecular complexity index is 1050. The van der Waals surface area contributed by atoms with E-state index in [2.05, 4.69) is 9.62 Å². The minimum Gasteiger partial charge on any atom is -0.301 e. The summed E-state index contributed by atoms with van der Waals surface area (Å²) in [6.07, 6.45) is -4.09. The molecule has 3 aliphatic rings. The van der Waals surface area contributed by atoms with Crippen LogP contribution in [-0.2, 0) is 33.6 Å². The maximum absolute atomic E-state index is 13.1. The standard InChI is InChI=1S/C25H32F6N2O3S/c26-24(27,28)19-11-18(12-20(15-19)25(29,30)31)14-21(34)13-17-5-9-33(10-6-17)16-23(7-1-2-8-23)32-37(35,36)22-3-4-22/h11-12,15,17,22,32H,1-10,13-14,16H2. The highest BCUT2D eigenvalue weighted by molar-refractivity contribution is 7.90. The van der Waals surface area contributed by atoms with Crippen LogP contribution in [0, 0.1) is 5.92 Å². The van der Waals surface area contributed by atoms with Gasteiger partial charge in [-0.2, -0.15) is 26.3 Å². The van der Waals surface area contributed by atoms with Gasteiger partial charge < -0.3 is 4.90 Å². The van der Waals surface area contributed by atoms with E-state index >= 15 is 0 Å². The second-order valence-electron chi connectivity index (χ2n) is 10.9. The predicted octanol–water partition coefficient (Wildman–Crippen LogP) is 5.33. The number of sulfonamides is 1. The Morgan fingerprint density at radius 2 is 1.46 bits per heavy atom. The van der Waals surface area contributed by atoms with Crippen molar-refractivity contribution in [1.29, 1.82) is 0 Å². The zero-order chi connectivity index (χ0) is 27.1. The summed E-state index contributed by atoms with van der Waals surface area (Å²) in [5.74, 6) is -0.408. The number of ketones is 1. The van der Waals surface area contributed by atoms with Gasteiger partial charge in [0, 0.05) is 24.9 Å². The normalized spacial score (nSPS) is 21.9. The number of Topliss-reactive ketones (excluding diaryl/α,β-unsaturated/α-hetero) is 1. The van der Waals surface area contributed by atoms with Crippen molar-refractivity contribution in [2.45, 2.75) is 87.3 Å². The molecule has 1 heterocycles. The number of nitrogens with one attached hydrogen (secondary N) is 1. The smallest absolute Gasteiger partial charge is 0.301 e. The number of halogens is 6. The first-order valence-corrected chi connectivity index (χ1v) is 14.3. The number of benzene rings is 1. The van der Waals surface area contributed by atoms with E-state index in [1.54, 1.807) is 0 Å². The molecule has 4 rings (SSSR count). The van der Waals surface area contributed by atoms with Crippen LogP contribution in [0.4, 0.5) is 26.3 Å². The van der Waals surface area contributed by atoms with Gasteiger partial charge >= 0.3 is 12.4 Å². The molecule has 0 atom stereocenters. The van der Waals surface area contributed by atoms with E-state index < -0.39 is 51.2 Å². The van der Waals surface area contributed by atoms with Gasteiger partial charge in [0.1, 0.15) is 5.78 Å². The van der Waals surface area contributed by atoms with Crippen LogP contribution in [0.25, 0.3) is 0 Å². The number of likely N-dealkylation sites (tertiary alicyclic amines) is 1. The van der Waals surface area contributed by atoms with E-state index in [0.717, 1.165) is 25.7 Å². The van der Waals surface area contributed by atoms with E-state index in [-0.39, 0.29) is 29.2 Å². The van der Waals surface area contributed by atoms with Crippen molar-refractivity contribution in [3.63, 3.8) is 0 Å². The molecule has 0 amide bonds. The van der Waals surface area contributed by atoms with Crippen LogP contribution in [0.15, 0.2) is 18.2 Å². The zero-order valence-electron chi connectivity index (χ0n) is 20.4. The number of carbonyl (C=O) groups is 1. The second-order valence-corrected chi connectivity index (χ2v) is 12.8. The first-order chi connectivity index (χ1) is 17.2. The first-order valence-electron chi connectivity index (χ1n) is 12.7. The largest absolute Gasteiger partial charge is 0.416 e. The van der Waals surface area contributed by atoms with E-state index in [1.165, 1.54) is 0 Å². The molecule has 1 saturated heterocycles. The van der Waals surface area contributed by atoms with Crippen molar-refractivity contribution >= 4 is 15.8 Å². The van der Waals surface area contributed by atoms with Crippen molar-refractivity contribution in [1.82, 2.24) is 9.62 Å². The summed E-state index contributed by atoms with van der Waals surface area (Å²) < 4.78 is 107. The third-order valence-electron chi connectivity index (χ3n) is 7.68. The summed E-state index contributed by atoms with van der Waals surface area (Å²) in [5.41, 5.74) is -3.60. The lowest BCUT2D eigenvalue weighted by Crippen LogP contribution is -2.55. The second kappa shape index (κ2) is 10.5. The topological polar surface area (TPSA) is 66.5 Å². The summed E-state index contributed by atoms with van der Waals surface area (Å²) in [6, 6.07) is 1.28. The van der Waals surface area contributed by atoms with Crippen LogP contribution >= 0.6 is 0 Å². The third kappa shape index (κ3) is 7.47. The highest BCUT2D eigenvalue weighted by Gasteiger charge is 2.44. The average Bonchev–Trinajstić information content (AvgIpc) is 3.56. The zero-order valence-corrected chi connectivity index (χ0v) is 21.2. The van der Waals surface area contributed by atoms with Gasteiger partial charge in [-0.3, -0.25) is 4.79 Å². The van der Waals surface area contributed by atoms with Gasteiger partial charge in [-0.1, -0.05) is 12.8 Å². The first kappa shape index (κ1) is 28.4. The summed E-state index contributed by atoms with van der Waals surface area (Å²) in [4.78, 5) is 14.8. The molecule has 1 aliphatic heterocycles. The average molecular weight is 555 g/mol. The highest BCUT2D eigenvalue weighted by Crippen LogP contribution is 2.38. The van der Waals surface area contributed by atoms with Crippen LogP contribution in [0.1, 0.15) is 74.5 Å². The summed E-state index contributed by atoms with van der Waals surface area (Å²) in [5, 5.41) is -0.286. The summed E-state index contributed by atoms with van der Waals surface area (Å²) >= 11 is 0. The Morgan fingerprint density at radius 3 is 1.95 bits per heavy atom. The lowest BCUT2D eigenvalue weighted by Gasteiger charge is -2.39. The Kier molecular flexibility index (Phi) is 8.03. The minimum atomic E-state index is -4.95. The van der Waals surface area contributed by atoms with Gasteiger partial charge in [0.05, 0.1) is 16.4 Å². The SMILES string of the molecule is O=C(Cc1cc(C(F)(F)F)cc(C(F)(F)F)c1)CC1CCN(CC2(NS(=O)(=O)C3CC3)CCCC2)CC1. The number of alkyl halides is 6. The maximum Gasteiger partial charge on any atom is 0.416 e. The molecule has 0 bridgehead atoms. The molecule has 2 aliphatic carbocycles. The van der Waals surface area contributed by atoms with Gasteiger partial charge in [-0.15, -0.1) is 0 Å². The van der Waals surface area contributed by atoms with Crippen LogP contribution in [0.5, 0.6) is 0 Å². The molecule has 0 aromatic heterocycles. The number of piperidine rings is 1. The fourth-order valence-corrected chi connectivity index (χ4v) is 7.42. The molecule has 0 spiro atoms. The molecule has 1 N–H and O–H groups in total. The number of hydrogen-bond donors (Lipinski definition) is 1. The molecule has 1 aromatic rings. The number of nitrogens with zero attached hydrogens (tertiary/aromatic N) is 1. The minimum absolute atomic E-state index is 0.0145. The fourth-order valence-electron chi connectivity index (χ4n) is 5.63. The van der Waals surface area contributed by atoms with Gasteiger partial charge in [0.2, 0.25) is 10.0 Å². The van der Waals surface area contributed by atoms with Gasteiger partial charge in [-0.25, -0.2) is 13.1 Å². The van der Waals surface area contributed by atoms with Crippen LogP contribution < -0.4 is 4.72 Å². The van der Waals surface area contributed by atoms with Gasteiger partial charge in [-0.05, 0) is 81.3 Å². The molecule has 0 unspecified atom stereocenters. The molecule has 3 fully saturated rings. The number of hydrogen-bond acceptors (Lipinski definition) is 4. The molecule has 5 nitrogen and oxygen atoms in total. The molecule has 37 heavy (non-hydrogen) atoms. The Hall–Kier alpha value is -1.66. The fraction of sp³-hybridized carbons (Fsp3) is 0.720. The quantitative estimate of drug-likeness (QED) is 0.419. The highest BCUT2D eigenvalue weighted by atomic mass is 32.2. The Balaban J connectivity index is 1.32. The molecule has 0 radical (unpaired) electrons. The van der Waals surface area contributed by atoms with Crippen LogP contribution in [-0.4, -0.2) is 49.5 Å². The number of rotatable bonds is 9. The Labute approximate surface area is 213 Å². The van der Waals surface area contributed by atoms with Crippen LogP contribution in [0.2, 0.25) is 0 Å². The van der Waals surface area contributed by atoms with Crippen molar-refractivity contribution in [3.8, 4) is 0 Å². The Morgan fingerprint density at radius 1 is 0.919 bits per heavy atom. The van der Waals surface area contributed by atoms with Gasteiger partial charge in [0.15, 0.2) is 0 Å². The predicted molar refractivity (Wildman–Crippen MR) is 125 cm³/mol. The summed E-state index contributed by atoms with van der Waals surface area (Å²) in [6.45, 7) is 1.92. The van der Waals surface area contributed by atoms with Crippen molar-refractivity contribution in [2.75, 3.05) is 19.6 Å². The molecular weight excluding hydrogens is 522 g/mol. The van der Waals surface area contributed by atoms with Crippen LogP contribution in [0.3, 0.4) is 0 Å². The van der Waals surface area contributed by atoms with Crippen molar-refractivity contribution < 1.29 is 39.6 Å². The molecule has 2 saturated carbocycles. The molecule has 12 heteroatoms. The van der Waals surface area contributed by atoms with Crippen molar-refractivity contribution in [3.05, 3.63) is 34.9 Å². The van der Waals surface area contributed by atoms with E-state index in [4.69, 9.17) is 0 Å². The lowest BCUT2D eigenvalue weighted by molar-refractivity contribution is -0.143. The summed E-state index contributed by atoms with van der Waals surface area (Å²) in [7, 11) is -3.32. The van der Waals surface area contributed by atoms with E-state index in [0.29, 0.717) is 57.5 Å². The number of carbonyl (C=O) groups excluding carboxylic acids is 1. The molecule has 1 aromatic carbocycles. The van der Waals surface area contributed by atoms with Crippen molar-refractivity contribution in [2.24, 2.45) is 5.92 Å². The molecular formula is C25H32F6N2O3S. The van der Waals surface area contributed by atoms with Gasteiger partial charge in [0.25, 0.3) is 0 Å². The lowest BCUT2D eigenvalue weighted by atomic mass is 9.88. The molecule has 208 valence electrons. The third-order valence-corrected chi connectivity index (χ3v) is 9.75. The maximum atomic E-state index is 13.1. The monoisotopic (exact) mass is 554 g/mol. The van der Waals surface area contributed by atoms with E-state index in [9.17, 15) is 39.6 Å². The van der Waals surface area contributed by atoms with E-state index in [1.807, 2.05) is 0 Å².